The molecule has 1 aliphatic rings. The van der Waals surface area contributed by atoms with Gasteiger partial charge in [0, 0.05) is 18.6 Å². The van der Waals surface area contributed by atoms with E-state index in [4.69, 9.17) is 5.11 Å². The highest BCUT2D eigenvalue weighted by atomic mass is 16.3. The molecule has 1 saturated carbocycles. The van der Waals surface area contributed by atoms with E-state index in [0.717, 1.165) is 12.8 Å². The third-order valence-electron chi connectivity index (χ3n) is 3.43. The van der Waals surface area contributed by atoms with E-state index in [1.54, 1.807) is 0 Å². The number of rotatable bonds is 6. The molecule has 0 bridgehead atoms. The minimum absolute atomic E-state index is 0.0963. The minimum Gasteiger partial charge on any atom is -0.395 e. The van der Waals surface area contributed by atoms with E-state index in [2.05, 4.69) is 5.32 Å². The van der Waals surface area contributed by atoms with Crippen LogP contribution in [-0.2, 0) is 4.79 Å². The van der Waals surface area contributed by atoms with Crippen LogP contribution in [0.15, 0.2) is 0 Å². The van der Waals surface area contributed by atoms with Crippen molar-refractivity contribution in [3.05, 3.63) is 0 Å². The molecule has 0 spiro atoms. The monoisotopic (exact) mass is 242 g/mol. The molecule has 4 nitrogen and oxygen atoms in total. The van der Waals surface area contributed by atoms with Gasteiger partial charge >= 0.3 is 0 Å². The van der Waals surface area contributed by atoms with Crippen LogP contribution < -0.4 is 5.32 Å². The van der Waals surface area contributed by atoms with Crippen molar-refractivity contribution in [3.8, 4) is 0 Å². The average Bonchev–Trinajstić information content (AvgIpc) is 2.29. The second kappa shape index (κ2) is 7.67. The van der Waals surface area contributed by atoms with Gasteiger partial charge in [0.1, 0.15) is 0 Å². The number of amides is 1. The molecule has 1 amide bonds. The molecule has 0 heterocycles. The Morgan fingerprint density at radius 3 is 2.53 bits per heavy atom. The van der Waals surface area contributed by atoms with Gasteiger partial charge in [0.2, 0.25) is 5.91 Å². The molecule has 0 aromatic heterocycles. The van der Waals surface area contributed by atoms with Crippen LogP contribution in [0.3, 0.4) is 0 Å². The molecule has 1 rings (SSSR count). The molecule has 2 N–H and O–H groups in total. The first kappa shape index (κ1) is 14.5. The molecule has 1 aliphatic carbocycles. The van der Waals surface area contributed by atoms with Crippen LogP contribution in [-0.4, -0.2) is 47.7 Å². The van der Waals surface area contributed by atoms with Crippen LogP contribution in [0.25, 0.3) is 0 Å². The van der Waals surface area contributed by atoms with Gasteiger partial charge < -0.3 is 10.4 Å². The van der Waals surface area contributed by atoms with Gasteiger partial charge in [-0.1, -0.05) is 19.3 Å². The third kappa shape index (κ3) is 5.50. The number of carbonyl (C=O) groups excluding carboxylic acids is 1. The number of nitrogens with zero attached hydrogens (tertiary/aromatic N) is 1. The first-order chi connectivity index (χ1) is 8.13. The molecule has 0 aromatic rings. The second-order valence-corrected chi connectivity index (χ2v) is 5.19. The number of hydrogen-bond acceptors (Lipinski definition) is 3. The lowest BCUT2D eigenvalue weighted by atomic mass is 9.95. The molecule has 0 aromatic carbocycles. The zero-order valence-corrected chi connectivity index (χ0v) is 11.1. The Balaban J connectivity index is 2.30. The van der Waals surface area contributed by atoms with Gasteiger partial charge in [0.15, 0.2) is 0 Å². The summed E-state index contributed by atoms with van der Waals surface area (Å²) in [6.07, 6.45) is 6.00. The fraction of sp³-hybridized carbons (Fsp3) is 0.923. The van der Waals surface area contributed by atoms with Crippen molar-refractivity contribution in [2.75, 3.05) is 19.7 Å². The summed E-state index contributed by atoms with van der Waals surface area (Å²) in [5, 5.41) is 12.0. The van der Waals surface area contributed by atoms with Gasteiger partial charge in [-0.15, -0.1) is 0 Å². The summed E-state index contributed by atoms with van der Waals surface area (Å²) in [6.45, 7) is 5.16. The zero-order chi connectivity index (χ0) is 12.7. The first-order valence-corrected chi connectivity index (χ1v) is 6.77. The Morgan fingerprint density at radius 2 is 2.00 bits per heavy atom. The molecule has 0 unspecified atom stereocenters. The average molecular weight is 242 g/mol. The molecule has 0 saturated heterocycles. The smallest absolute Gasteiger partial charge is 0.234 e. The number of hydrogen-bond donors (Lipinski definition) is 2. The lowest BCUT2D eigenvalue weighted by Gasteiger charge is -2.27. The topological polar surface area (TPSA) is 52.6 Å². The van der Waals surface area contributed by atoms with Gasteiger partial charge in [-0.05, 0) is 26.7 Å². The molecule has 4 heteroatoms. The summed E-state index contributed by atoms with van der Waals surface area (Å²) in [5.74, 6) is 0.0963. The predicted octanol–water partition coefficient (Wildman–Crippen LogP) is 1.14. The summed E-state index contributed by atoms with van der Waals surface area (Å²) in [7, 11) is 0. The molecule has 100 valence electrons. The SMILES string of the molecule is CC(C)N(CCO)CC(=O)NC1CCCCC1. The molecule has 0 atom stereocenters. The minimum atomic E-state index is 0.0963. The Morgan fingerprint density at radius 1 is 1.35 bits per heavy atom. The van der Waals surface area contributed by atoms with Crippen LogP contribution in [0.1, 0.15) is 46.0 Å². The largest absolute Gasteiger partial charge is 0.395 e. The van der Waals surface area contributed by atoms with Crippen LogP contribution in [0, 0.1) is 0 Å². The van der Waals surface area contributed by atoms with Crippen LogP contribution in [0.4, 0.5) is 0 Å². The summed E-state index contributed by atoms with van der Waals surface area (Å²) in [6, 6.07) is 0.665. The molecule has 0 radical (unpaired) electrons. The van der Waals surface area contributed by atoms with Crippen LogP contribution in [0.5, 0.6) is 0 Å². The standard InChI is InChI=1S/C13H26N2O2/c1-11(2)15(8-9-16)10-13(17)14-12-6-4-3-5-7-12/h11-12,16H,3-10H2,1-2H3,(H,14,17). The van der Waals surface area contributed by atoms with Gasteiger partial charge in [0.25, 0.3) is 0 Å². The quantitative estimate of drug-likeness (QED) is 0.734. The van der Waals surface area contributed by atoms with Gasteiger partial charge in [-0.2, -0.15) is 0 Å². The lowest BCUT2D eigenvalue weighted by molar-refractivity contribution is -0.123. The maximum Gasteiger partial charge on any atom is 0.234 e. The fourth-order valence-electron chi connectivity index (χ4n) is 2.35. The maximum absolute atomic E-state index is 11.9. The summed E-state index contributed by atoms with van der Waals surface area (Å²) in [5.41, 5.74) is 0. The van der Waals surface area contributed by atoms with Crippen molar-refractivity contribution in [2.24, 2.45) is 0 Å². The Bertz CT molecular complexity index is 225. The first-order valence-electron chi connectivity index (χ1n) is 6.77. The normalized spacial score (nSPS) is 17.7. The lowest BCUT2D eigenvalue weighted by Crippen LogP contribution is -2.45. The number of aliphatic hydroxyl groups excluding tert-OH is 1. The molecule has 17 heavy (non-hydrogen) atoms. The third-order valence-corrected chi connectivity index (χ3v) is 3.43. The fourth-order valence-corrected chi connectivity index (χ4v) is 2.35. The highest BCUT2D eigenvalue weighted by Gasteiger charge is 2.18. The molecular formula is C13H26N2O2. The van der Waals surface area contributed by atoms with E-state index >= 15 is 0 Å². The number of nitrogens with one attached hydrogen (secondary N) is 1. The van der Waals surface area contributed by atoms with E-state index in [9.17, 15) is 4.79 Å². The van der Waals surface area contributed by atoms with Crippen molar-refractivity contribution in [1.82, 2.24) is 10.2 Å². The highest BCUT2D eigenvalue weighted by molar-refractivity contribution is 5.78. The predicted molar refractivity (Wildman–Crippen MR) is 68.8 cm³/mol. The van der Waals surface area contributed by atoms with E-state index in [0.29, 0.717) is 25.2 Å². The summed E-state index contributed by atoms with van der Waals surface area (Å²) in [4.78, 5) is 13.9. The van der Waals surface area contributed by atoms with E-state index < -0.39 is 0 Å². The summed E-state index contributed by atoms with van der Waals surface area (Å²) >= 11 is 0. The molecular weight excluding hydrogens is 216 g/mol. The number of aliphatic hydroxyl groups is 1. The van der Waals surface area contributed by atoms with E-state index in [1.807, 2.05) is 18.7 Å². The Hall–Kier alpha value is -0.610. The number of carbonyl (C=O) groups is 1. The van der Waals surface area contributed by atoms with Crippen LogP contribution >= 0.6 is 0 Å². The van der Waals surface area contributed by atoms with E-state index in [1.165, 1.54) is 19.3 Å². The molecule has 0 aliphatic heterocycles. The van der Waals surface area contributed by atoms with Gasteiger partial charge in [0.05, 0.1) is 13.2 Å². The zero-order valence-electron chi connectivity index (χ0n) is 11.1. The van der Waals surface area contributed by atoms with Crippen LogP contribution in [0.2, 0.25) is 0 Å². The van der Waals surface area contributed by atoms with Crippen molar-refractivity contribution in [2.45, 2.75) is 58.0 Å². The van der Waals surface area contributed by atoms with Crippen molar-refractivity contribution >= 4 is 5.91 Å². The summed E-state index contributed by atoms with van der Waals surface area (Å²) < 4.78 is 0. The Labute approximate surface area is 104 Å². The van der Waals surface area contributed by atoms with Gasteiger partial charge in [-0.25, -0.2) is 0 Å². The second-order valence-electron chi connectivity index (χ2n) is 5.19. The van der Waals surface area contributed by atoms with Crippen molar-refractivity contribution in [3.63, 3.8) is 0 Å². The van der Waals surface area contributed by atoms with Crippen molar-refractivity contribution < 1.29 is 9.90 Å². The maximum atomic E-state index is 11.9. The highest BCUT2D eigenvalue weighted by Crippen LogP contribution is 2.17. The van der Waals surface area contributed by atoms with Gasteiger partial charge in [-0.3, -0.25) is 9.69 Å². The van der Waals surface area contributed by atoms with E-state index in [-0.39, 0.29) is 12.5 Å². The molecule has 1 fully saturated rings. The Kier molecular flexibility index (Phi) is 6.52. The van der Waals surface area contributed by atoms with Crippen molar-refractivity contribution in [1.29, 1.82) is 0 Å².